The number of hydrazone groups is 1. The van der Waals surface area contributed by atoms with Gasteiger partial charge >= 0.3 is 0 Å². The van der Waals surface area contributed by atoms with Crippen LogP contribution in [0.1, 0.15) is 50.9 Å². The maximum atomic E-state index is 12.2. The lowest BCUT2D eigenvalue weighted by Gasteiger charge is -2.24. The monoisotopic (exact) mass is 537 g/mol. The molecule has 0 aliphatic carbocycles. The lowest BCUT2D eigenvalue weighted by atomic mass is 9.95. The van der Waals surface area contributed by atoms with E-state index in [-0.39, 0.29) is 18.1 Å². The topological polar surface area (TPSA) is 114 Å². The van der Waals surface area contributed by atoms with Crippen LogP contribution in [0.5, 0.6) is 0 Å². The van der Waals surface area contributed by atoms with Gasteiger partial charge in [-0.1, -0.05) is 33.4 Å². The van der Waals surface area contributed by atoms with Crippen molar-refractivity contribution in [1.29, 1.82) is 0 Å². The molecule has 1 atom stereocenters. The summed E-state index contributed by atoms with van der Waals surface area (Å²) in [6.45, 7) is 14.3. The number of aromatic nitrogens is 4. The summed E-state index contributed by atoms with van der Waals surface area (Å²) >= 11 is 0. The molecule has 212 valence electrons. The van der Waals surface area contributed by atoms with Crippen molar-refractivity contribution in [2.24, 2.45) is 5.10 Å². The molecule has 2 aliphatic heterocycles. The van der Waals surface area contributed by atoms with Crippen LogP contribution in [0.3, 0.4) is 0 Å². The molecule has 4 rings (SSSR count). The summed E-state index contributed by atoms with van der Waals surface area (Å²) in [5.74, 6) is 0. The molecule has 0 bridgehead atoms. The fourth-order valence-electron chi connectivity index (χ4n) is 4.22. The number of hydrazine groups is 1. The molecule has 3 N–H and O–H groups in total. The summed E-state index contributed by atoms with van der Waals surface area (Å²) in [6, 6.07) is 1.95. The number of hydrogen-bond acceptors (Lipinski definition) is 9. The Balaban J connectivity index is 0.00000205. The zero-order chi connectivity index (χ0) is 28.0. The van der Waals surface area contributed by atoms with Crippen molar-refractivity contribution in [3.63, 3.8) is 0 Å². The van der Waals surface area contributed by atoms with Gasteiger partial charge in [-0.2, -0.15) is 15.3 Å². The van der Waals surface area contributed by atoms with Crippen molar-refractivity contribution in [2.75, 3.05) is 33.2 Å². The van der Waals surface area contributed by atoms with Crippen molar-refractivity contribution in [3.05, 3.63) is 76.7 Å². The largest absolute Gasteiger partial charge is 0.495 e. The fraction of sp³-hybridized carbons (Fsp3) is 0.500. The third-order valence-electron chi connectivity index (χ3n) is 6.30. The van der Waals surface area contributed by atoms with Crippen LogP contribution in [0.4, 0.5) is 0 Å². The Morgan fingerprint density at radius 1 is 1.31 bits per heavy atom. The summed E-state index contributed by atoms with van der Waals surface area (Å²) < 4.78 is 9.29. The summed E-state index contributed by atoms with van der Waals surface area (Å²) in [5, 5.41) is 18.6. The number of ether oxygens (including phenoxy) is 1. The van der Waals surface area contributed by atoms with E-state index in [0.717, 1.165) is 50.2 Å². The first-order chi connectivity index (χ1) is 19.0. The van der Waals surface area contributed by atoms with E-state index in [1.54, 1.807) is 23.4 Å². The number of hydrogen-bond donors (Lipinski definition) is 3. The normalized spacial score (nSPS) is 17.9. The molecule has 2 aliphatic rings. The minimum absolute atomic E-state index is 0.113. The van der Waals surface area contributed by atoms with Crippen molar-refractivity contribution >= 4 is 11.8 Å². The molecule has 11 heteroatoms. The molecule has 11 nitrogen and oxygen atoms in total. The van der Waals surface area contributed by atoms with E-state index < -0.39 is 0 Å². The van der Waals surface area contributed by atoms with Gasteiger partial charge in [-0.05, 0) is 30.1 Å². The van der Waals surface area contributed by atoms with Gasteiger partial charge in [0.15, 0.2) is 0 Å². The summed E-state index contributed by atoms with van der Waals surface area (Å²) in [6.07, 6.45) is 14.9. The molecule has 0 saturated carbocycles. The molecule has 1 saturated heterocycles. The van der Waals surface area contributed by atoms with Gasteiger partial charge in [0.1, 0.15) is 12.3 Å². The van der Waals surface area contributed by atoms with E-state index in [9.17, 15) is 4.79 Å². The second-order valence-corrected chi connectivity index (χ2v) is 9.25. The van der Waals surface area contributed by atoms with Gasteiger partial charge in [-0.3, -0.25) is 25.0 Å². The standard InChI is InChI=1S/C26H37N9O2.C2H6/c1-4-9-33(3)30-8-11-34-10-7-26(36)25(32-34)19-37-12-5-6-24-20(2)13-21(14-27-24)22-15-31-35(18-22)23-16-28-29-17-23;1-2/h5,7-8,10,12-13,15,18,23-24,27-29H,2,4,6,9,11,14,16-17,19H2,1,3H3;1-2H3/b12-5+,30-8-;. The number of nitrogens with zero attached hydrogens (tertiary/aromatic N) is 6. The van der Waals surface area contributed by atoms with Crippen molar-refractivity contribution in [1.82, 2.24) is 40.7 Å². The van der Waals surface area contributed by atoms with Crippen LogP contribution in [0.2, 0.25) is 0 Å². The van der Waals surface area contributed by atoms with E-state index in [2.05, 4.69) is 57.2 Å². The van der Waals surface area contributed by atoms with E-state index in [0.29, 0.717) is 18.3 Å². The lowest BCUT2D eigenvalue weighted by molar-refractivity contribution is 0.227. The second-order valence-electron chi connectivity index (χ2n) is 9.25. The average molecular weight is 538 g/mol. The Morgan fingerprint density at radius 3 is 2.85 bits per heavy atom. The van der Waals surface area contributed by atoms with Crippen LogP contribution in [0.25, 0.3) is 5.57 Å². The van der Waals surface area contributed by atoms with Gasteiger partial charge in [-0.25, -0.2) is 0 Å². The fourth-order valence-corrected chi connectivity index (χ4v) is 4.22. The van der Waals surface area contributed by atoms with Crippen LogP contribution in [0, 0.1) is 0 Å². The molecule has 0 spiro atoms. The molecule has 0 radical (unpaired) electrons. The summed E-state index contributed by atoms with van der Waals surface area (Å²) in [7, 11) is 1.93. The minimum Gasteiger partial charge on any atom is -0.495 e. The van der Waals surface area contributed by atoms with Crippen LogP contribution < -0.4 is 21.6 Å². The molecule has 0 amide bonds. The highest BCUT2D eigenvalue weighted by Crippen LogP contribution is 2.23. The lowest BCUT2D eigenvalue weighted by Crippen LogP contribution is -2.34. The molecular formula is C28H43N9O2. The molecular weight excluding hydrogens is 494 g/mol. The van der Waals surface area contributed by atoms with Gasteiger partial charge < -0.3 is 15.1 Å². The van der Waals surface area contributed by atoms with E-state index in [1.165, 1.54) is 11.6 Å². The van der Waals surface area contributed by atoms with Crippen LogP contribution in [-0.2, 0) is 17.9 Å². The van der Waals surface area contributed by atoms with Gasteiger partial charge in [0.05, 0.1) is 25.0 Å². The third-order valence-corrected chi connectivity index (χ3v) is 6.30. The molecule has 1 fully saturated rings. The zero-order valence-corrected chi connectivity index (χ0v) is 23.6. The van der Waals surface area contributed by atoms with Crippen molar-refractivity contribution in [3.8, 4) is 0 Å². The average Bonchev–Trinajstić information content (AvgIpc) is 3.65. The number of rotatable bonds is 12. The summed E-state index contributed by atoms with van der Waals surface area (Å²) in [4.78, 5) is 12.2. The first-order valence-electron chi connectivity index (χ1n) is 13.7. The quantitative estimate of drug-likeness (QED) is 0.215. The van der Waals surface area contributed by atoms with Crippen molar-refractivity contribution in [2.45, 2.75) is 58.8 Å². The molecule has 0 aromatic carbocycles. The highest BCUT2D eigenvalue weighted by molar-refractivity contribution is 5.70. The Morgan fingerprint density at radius 2 is 2.10 bits per heavy atom. The van der Waals surface area contributed by atoms with E-state index >= 15 is 0 Å². The Hall–Kier alpha value is -3.54. The van der Waals surface area contributed by atoms with Gasteiger partial charge in [-0.15, -0.1) is 0 Å². The minimum atomic E-state index is -0.145. The first-order valence-corrected chi connectivity index (χ1v) is 13.7. The van der Waals surface area contributed by atoms with E-state index in [1.807, 2.05) is 42.9 Å². The van der Waals surface area contributed by atoms with E-state index in [4.69, 9.17) is 4.74 Å². The maximum Gasteiger partial charge on any atom is 0.206 e. The molecule has 39 heavy (non-hydrogen) atoms. The predicted molar refractivity (Wildman–Crippen MR) is 156 cm³/mol. The molecule has 2 aromatic rings. The SMILES string of the molecule is C=C1C=C(c2cnn(C3CNNC3)c2)CNC1C/C=C/OCc1nn(C/C=N\N(C)CCC)ccc1=O.CC. The predicted octanol–water partition coefficient (Wildman–Crippen LogP) is 2.47. The van der Waals surface area contributed by atoms with Crippen molar-refractivity contribution < 1.29 is 4.74 Å². The highest BCUT2D eigenvalue weighted by Gasteiger charge is 2.20. The maximum absolute atomic E-state index is 12.2. The van der Waals surface area contributed by atoms with Crippen LogP contribution in [0.15, 0.2) is 65.1 Å². The highest BCUT2D eigenvalue weighted by atomic mass is 16.5. The zero-order valence-electron chi connectivity index (χ0n) is 23.6. The number of nitrogens with one attached hydrogen (secondary N) is 3. The van der Waals surface area contributed by atoms with Gasteiger partial charge in [0.25, 0.3) is 0 Å². The molecule has 1 unspecified atom stereocenters. The van der Waals surface area contributed by atoms with Crippen LogP contribution in [-0.4, -0.2) is 70.1 Å². The Kier molecular flexibility index (Phi) is 12.1. The second kappa shape index (κ2) is 15.8. The van der Waals surface area contributed by atoms with Gasteiger partial charge in [0, 0.05) is 69.5 Å². The molecule has 2 aromatic heterocycles. The smallest absolute Gasteiger partial charge is 0.206 e. The Labute approximate surface area is 231 Å². The first kappa shape index (κ1) is 30.0. The van der Waals surface area contributed by atoms with Gasteiger partial charge in [0.2, 0.25) is 5.43 Å². The third kappa shape index (κ3) is 9.02. The summed E-state index contributed by atoms with van der Waals surface area (Å²) in [5.41, 5.74) is 9.79. The molecule has 4 heterocycles. The van der Waals surface area contributed by atoms with Crippen LogP contribution >= 0.6 is 0 Å². The Bertz CT molecular complexity index is 1190.